The van der Waals surface area contributed by atoms with E-state index < -0.39 is 0 Å². The van der Waals surface area contributed by atoms with Crippen LogP contribution in [0.1, 0.15) is 78.4 Å². The van der Waals surface area contributed by atoms with Crippen molar-refractivity contribution < 1.29 is 14.6 Å². The Kier molecular flexibility index (Phi) is 10.9. The first-order chi connectivity index (χ1) is 16.6. The number of hydrogen-bond donors (Lipinski definition) is 3. The third-order valence-electron chi connectivity index (χ3n) is 6.84. The smallest absolute Gasteiger partial charge is 0.251 e. The Hall–Kier alpha value is -2.37. The number of hydrogen-bond acceptors (Lipinski definition) is 4. The van der Waals surface area contributed by atoms with Crippen molar-refractivity contribution in [2.24, 2.45) is 5.92 Å². The van der Waals surface area contributed by atoms with Crippen LogP contribution < -0.4 is 15.4 Å². The summed E-state index contributed by atoms with van der Waals surface area (Å²) in [7, 11) is 2.01. The summed E-state index contributed by atoms with van der Waals surface area (Å²) >= 11 is 0. The Morgan fingerprint density at radius 1 is 1.15 bits per heavy atom. The van der Waals surface area contributed by atoms with Gasteiger partial charge in [-0.05, 0) is 92.3 Å². The van der Waals surface area contributed by atoms with E-state index in [-0.39, 0.29) is 12.5 Å². The molecule has 0 fully saturated rings. The van der Waals surface area contributed by atoms with Crippen LogP contribution in [0.2, 0.25) is 0 Å². The monoisotopic (exact) mass is 466 g/mol. The lowest BCUT2D eigenvalue weighted by Crippen LogP contribution is -2.24. The van der Waals surface area contributed by atoms with Gasteiger partial charge in [-0.25, -0.2) is 0 Å². The standard InChI is InChI=1S/C29H42N2O3/c1-3-4-15-31-29(33)26-9-7-10-28(19-26)34-21-22-11-12-24-18-25(14-13-23(24)17-22)27(20-30-2)8-5-6-16-32/h7,9-10,13-14,18-19,22,27,30,32H,3-6,8,11-12,15-17,20-21H2,1-2H3,(H,31,33)/t22-,27+/m1/s1. The van der Waals surface area contributed by atoms with E-state index in [0.717, 1.165) is 63.7 Å². The summed E-state index contributed by atoms with van der Waals surface area (Å²) in [5.74, 6) is 1.71. The van der Waals surface area contributed by atoms with E-state index in [1.165, 1.54) is 16.7 Å². The molecule has 0 aromatic heterocycles. The lowest BCUT2D eigenvalue weighted by Gasteiger charge is -2.26. The van der Waals surface area contributed by atoms with Gasteiger partial charge in [0.15, 0.2) is 0 Å². The molecule has 0 spiro atoms. The van der Waals surface area contributed by atoms with Crippen LogP contribution in [0.3, 0.4) is 0 Å². The fourth-order valence-corrected chi connectivity index (χ4v) is 4.80. The van der Waals surface area contributed by atoms with Crippen molar-refractivity contribution in [2.45, 2.75) is 64.2 Å². The fraction of sp³-hybridized carbons (Fsp3) is 0.552. The first-order valence-corrected chi connectivity index (χ1v) is 13.0. The van der Waals surface area contributed by atoms with Crippen molar-refractivity contribution in [1.82, 2.24) is 10.6 Å². The van der Waals surface area contributed by atoms with Gasteiger partial charge < -0.3 is 20.5 Å². The molecule has 0 aliphatic heterocycles. The average molecular weight is 467 g/mol. The number of amides is 1. The molecule has 1 aliphatic rings. The first kappa shape index (κ1) is 26.2. The summed E-state index contributed by atoms with van der Waals surface area (Å²) in [4.78, 5) is 12.3. The molecule has 1 aliphatic carbocycles. The number of aryl methyl sites for hydroxylation is 1. The zero-order valence-corrected chi connectivity index (χ0v) is 20.9. The van der Waals surface area contributed by atoms with Crippen LogP contribution in [-0.2, 0) is 12.8 Å². The van der Waals surface area contributed by atoms with Crippen LogP contribution in [0.25, 0.3) is 0 Å². The molecule has 0 saturated heterocycles. The summed E-state index contributed by atoms with van der Waals surface area (Å²) < 4.78 is 6.12. The van der Waals surface area contributed by atoms with E-state index in [1.54, 1.807) is 0 Å². The predicted molar refractivity (Wildman–Crippen MR) is 139 cm³/mol. The zero-order valence-electron chi connectivity index (χ0n) is 20.9. The predicted octanol–water partition coefficient (Wildman–Crippen LogP) is 4.87. The topological polar surface area (TPSA) is 70.6 Å². The highest BCUT2D eigenvalue weighted by Crippen LogP contribution is 2.30. The number of carbonyl (C=O) groups excluding carboxylic acids is 1. The zero-order chi connectivity index (χ0) is 24.2. The third kappa shape index (κ3) is 7.85. The molecular weight excluding hydrogens is 424 g/mol. The van der Waals surface area contributed by atoms with E-state index in [4.69, 9.17) is 9.84 Å². The molecule has 3 rings (SSSR count). The van der Waals surface area contributed by atoms with E-state index in [2.05, 4.69) is 35.8 Å². The normalized spacial score (nSPS) is 16.0. The molecule has 3 N–H and O–H groups in total. The molecule has 0 saturated carbocycles. The fourth-order valence-electron chi connectivity index (χ4n) is 4.80. The van der Waals surface area contributed by atoms with E-state index in [0.29, 0.717) is 30.6 Å². The quantitative estimate of drug-likeness (QED) is 0.348. The molecule has 0 heterocycles. The van der Waals surface area contributed by atoms with E-state index in [9.17, 15) is 4.79 Å². The molecule has 0 radical (unpaired) electrons. The number of aliphatic hydroxyl groups excluding tert-OH is 1. The highest BCUT2D eigenvalue weighted by molar-refractivity contribution is 5.94. The van der Waals surface area contributed by atoms with Crippen LogP contribution >= 0.6 is 0 Å². The highest BCUT2D eigenvalue weighted by atomic mass is 16.5. The molecular formula is C29H42N2O3. The van der Waals surface area contributed by atoms with Gasteiger partial charge in [-0.1, -0.05) is 44.0 Å². The van der Waals surface area contributed by atoms with Gasteiger partial charge in [-0.15, -0.1) is 0 Å². The summed E-state index contributed by atoms with van der Waals surface area (Å²) in [5, 5.41) is 15.4. The molecule has 5 heteroatoms. The van der Waals surface area contributed by atoms with E-state index in [1.807, 2.05) is 31.3 Å². The van der Waals surface area contributed by atoms with Crippen molar-refractivity contribution in [3.63, 3.8) is 0 Å². The number of ether oxygens (including phenoxy) is 1. The van der Waals surface area contributed by atoms with Gasteiger partial charge in [0.2, 0.25) is 0 Å². The summed E-state index contributed by atoms with van der Waals surface area (Å²) in [6.07, 6.45) is 8.33. The number of benzene rings is 2. The number of aliphatic hydroxyl groups is 1. The Morgan fingerprint density at radius 2 is 2.03 bits per heavy atom. The lowest BCUT2D eigenvalue weighted by molar-refractivity contribution is 0.0952. The number of likely N-dealkylation sites (N-methyl/N-ethyl adjacent to an activating group) is 1. The van der Waals surface area contributed by atoms with Gasteiger partial charge in [0.1, 0.15) is 5.75 Å². The van der Waals surface area contributed by atoms with Crippen molar-refractivity contribution in [2.75, 3.05) is 33.4 Å². The Bertz CT molecular complexity index is 899. The van der Waals surface area contributed by atoms with Gasteiger partial charge in [0.25, 0.3) is 5.91 Å². The minimum Gasteiger partial charge on any atom is -0.493 e. The largest absolute Gasteiger partial charge is 0.493 e. The van der Waals surface area contributed by atoms with Crippen LogP contribution in [0.5, 0.6) is 5.75 Å². The molecule has 186 valence electrons. The molecule has 2 aromatic carbocycles. The van der Waals surface area contributed by atoms with Crippen molar-refractivity contribution >= 4 is 5.91 Å². The molecule has 1 amide bonds. The average Bonchev–Trinajstić information content (AvgIpc) is 2.87. The Labute approximate surface area is 205 Å². The number of rotatable bonds is 14. The maximum Gasteiger partial charge on any atom is 0.251 e. The van der Waals surface area contributed by atoms with Gasteiger partial charge in [0, 0.05) is 25.3 Å². The van der Waals surface area contributed by atoms with Crippen molar-refractivity contribution in [3.8, 4) is 5.75 Å². The highest BCUT2D eigenvalue weighted by Gasteiger charge is 2.21. The first-order valence-electron chi connectivity index (χ1n) is 13.0. The molecule has 0 unspecified atom stereocenters. The second kappa shape index (κ2) is 14.1. The molecule has 34 heavy (non-hydrogen) atoms. The molecule has 2 atom stereocenters. The summed E-state index contributed by atoms with van der Waals surface area (Å²) in [6, 6.07) is 14.5. The van der Waals surface area contributed by atoms with Gasteiger partial charge >= 0.3 is 0 Å². The van der Waals surface area contributed by atoms with Crippen molar-refractivity contribution in [3.05, 3.63) is 64.7 Å². The van der Waals surface area contributed by atoms with Gasteiger partial charge in [-0.2, -0.15) is 0 Å². The number of nitrogens with one attached hydrogen (secondary N) is 2. The van der Waals surface area contributed by atoms with Crippen LogP contribution in [-0.4, -0.2) is 44.4 Å². The third-order valence-corrected chi connectivity index (χ3v) is 6.84. The summed E-state index contributed by atoms with van der Waals surface area (Å²) in [5.41, 5.74) is 4.98. The number of fused-ring (bicyclic) bond motifs is 1. The molecule has 2 aromatic rings. The number of unbranched alkanes of at least 4 members (excludes halogenated alkanes) is 2. The second-order valence-electron chi connectivity index (χ2n) is 9.56. The maximum absolute atomic E-state index is 12.3. The Morgan fingerprint density at radius 3 is 2.82 bits per heavy atom. The minimum atomic E-state index is -0.0331. The number of carbonyl (C=O) groups is 1. The maximum atomic E-state index is 12.3. The SMILES string of the molecule is CCCCNC(=O)c1cccc(OC[C@@H]2CCc3cc([C@@H](CCCCO)CNC)ccc3C2)c1. The second-order valence-corrected chi connectivity index (χ2v) is 9.56. The van der Waals surface area contributed by atoms with Gasteiger partial charge in [-0.3, -0.25) is 4.79 Å². The molecule has 0 bridgehead atoms. The van der Waals surface area contributed by atoms with Crippen molar-refractivity contribution in [1.29, 1.82) is 0 Å². The molecule has 5 nitrogen and oxygen atoms in total. The minimum absolute atomic E-state index is 0.0331. The summed E-state index contributed by atoms with van der Waals surface area (Å²) in [6.45, 7) is 4.74. The van der Waals surface area contributed by atoms with Gasteiger partial charge in [0.05, 0.1) is 6.61 Å². The van der Waals surface area contributed by atoms with E-state index >= 15 is 0 Å². The van der Waals surface area contributed by atoms with Crippen LogP contribution in [0.4, 0.5) is 0 Å². The Balaban J connectivity index is 1.54. The lowest BCUT2D eigenvalue weighted by atomic mass is 9.81. The van der Waals surface area contributed by atoms with Crippen LogP contribution in [0, 0.1) is 5.92 Å². The van der Waals surface area contributed by atoms with Crippen LogP contribution in [0.15, 0.2) is 42.5 Å².